The monoisotopic (exact) mass is 148 g/mol. The van der Waals surface area contributed by atoms with Crippen LogP contribution in [0.25, 0.3) is 4.85 Å². The lowest BCUT2D eigenvalue weighted by Crippen LogP contribution is -1.88. The minimum atomic E-state index is 0.507. The predicted molar refractivity (Wildman–Crippen MR) is 41.8 cm³/mol. The molecule has 0 bridgehead atoms. The molecule has 3 heteroatoms. The molecular weight excluding hydrogens is 140 g/mol. The molecule has 0 saturated heterocycles. The molecule has 0 spiro atoms. The molecule has 0 saturated carbocycles. The van der Waals surface area contributed by atoms with Crippen molar-refractivity contribution >= 4 is 5.69 Å². The van der Waals surface area contributed by atoms with Crippen molar-refractivity contribution in [3.05, 3.63) is 29.4 Å². The molecule has 1 heterocycles. The Kier molecular flexibility index (Phi) is 2.07. The van der Waals surface area contributed by atoms with Crippen molar-refractivity contribution in [2.24, 2.45) is 0 Å². The number of ether oxygens (including phenoxy) is 1. The third-order valence-corrected chi connectivity index (χ3v) is 1.38. The summed E-state index contributed by atoms with van der Waals surface area (Å²) in [6.45, 7) is 8.56. The van der Waals surface area contributed by atoms with Crippen molar-refractivity contribution in [3.8, 4) is 5.75 Å². The molecule has 1 aromatic rings. The number of methoxy groups -OCH3 is 1. The van der Waals surface area contributed by atoms with E-state index in [9.17, 15) is 0 Å². The Morgan fingerprint density at radius 2 is 2.36 bits per heavy atom. The Balaban J connectivity index is 3.15. The van der Waals surface area contributed by atoms with Gasteiger partial charge in [-0.15, -0.1) is 0 Å². The molecular formula is C8H8N2O. The van der Waals surface area contributed by atoms with E-state index in [0.717, 1.165) is 5.69 Å². The Hall–Kier alpha value is -1.56. The summed E-state index contributed by atoms with van der Waals surface area (Å²) in [5.41, 5.74) is 1.31. The van der Waals surface area contributed by atoms with Gasteiger partial charge < -0.3 is 4.74 Å². The molecule has 0 radical (unpaired) electrons. The Morgan fingerprint density at radius 3 is 2.91 bits per heavy atom. The molecule has 56 valence electrons. The van der Waals surface area contributed by atoms with E-state index in [0.29, 0.717) is 11.4 Å². The van der Waals surface area contributed by atoms with E-state index in [-0.39, 0.29) is 0 Å². The quantitative estimate of drug-likeness (QED) is 0.569. The number of hydrogen-bond acceptors (Lipinski definition) is 2. The summed E-state index contributed by atoms with van der Waals surface area (Å²) in [5.74, 6) is 0.665. The Bertz CT molecular complexity index is 301. The minimum Gasteiger partial charge on any atom is -0.496 e. The van der Waals surface area contributed by atoms with Gasteiger partial charge in [0.25, 0.3) is 0 Å². The zero-order chi connectivity index (χ0) is 8.27. The molecule has 0 aromatic carbocycles. The minimum absolute atomic E-state index is 0.507. The molecule has 0 amide bonds. The largest absolute Gasteiger partial charge is 0.496 e. The van der Waals surface area contributed by atoms with Crippen LogP contribution >= 0.6 is 0 Å². The summed E-state index contributed by atoms with van der Waals surface area (Å²) in [4.78, 5) is 7.21. The van der Waals surface area contributed by atoms with Gasteiger partial charge in [0.2, 0.25) is 5.69 Å². The van der Waals surface area contributed by atoms with Crippen molar-refractivity contribution < 1.29 is 4.74 Å². The van der Waals surface area contributed by atoms with Gasteiger partial charge in [-0.05, 0) is 13.0 Å². The first-order chi connectivity index (χ1) is 5.27. The summed E-state index contributed by atoms with van der Waals surface area (Å²) < 4.78 is 4.98. The van der Waals surface area contributed by atoms with Crippen molar-refractivity contribution in [3.63, 3.8) is 0 Å². The molecule has 1 rings (SSSR count). The second-order valence-electron chi connectivity index (χ2n) is 2.09. The molecule has 0 aliphatic heterocycles. The van der Waals surface area contributed by atoms with Crippen LogP contribution in [0.3, 0.4) is 0 Å². The number of aryl methyl sites for hydroxylation is 1. The highest BCUT2D eigenvalue weighted by atomic mass is 16.5. The number of aromatic nitrogens is 1. The van der Waals surface area contributed by atoms with Crippen LogP contribution in [0.15, 0.2) is 12.3 Å². The van der Waals surface area contributed by atoms with Crippen LogP contribution in [0.5, 0.6) is 5.75 Å². The van der Waals surface area contributed by atoms with Gasteiger partial charge in [0.1, 0.15) is 5.75 Å². The van der Waals surface area contributed by atoms with E-state index in [1.54, 1.807) is 13.2 Å². The summed E-state index contributed by atoms with van der Waals surface area (Å²) in [6, 6.07) is 1.68. The van der Waals surface area contributed by atoms with Crippen LogP contribution in [0, 0.1) is 13.5 Å². The first-order valence-corrected chi connectivity index (χ1v) is 3.16. The molecule has 0 unspecified atom stereocenters. The van der Waals surface area contributed by atoms with Crippen LogP contribution in [-0.2, 0) is 0 Å². The van der Waals surface area contributed by atoms with Gasteiger partial charge in [0.05, 0.1) is 19.4 Å². The highest BCUT2D eigenvalue weighted by molar-refractivity contribution is 5.48. The maximum atomic E-state index is 6.72. The van der Waals surface area contributed by atoms with Crippen LogP contribution in [-0.4, -0.2) is 12.1 Å². The molecule has 3 nitrogen and oxygen atoms in total. The summed E-state index contributed by atoms with van der Waals surface area (Å²) in [5, 5.41) is 0. The number of rotatable bonds is 1. The fourth-order valence-electron chi connectivity index (χ4n) is 0.770. The van der Waals surface area contributed by atoms with E-state index >= 15 is 0 Å². The van der Waals surface area contributed by atoms with Crippen molar-refractivity contribution in [2.45, 2.75) is 6.92 Å². The highest BCUT2D eigenvalue weighted by Gasteiger charge is 1.99. The molecule has 0 N–H and O–H groups in total. The van der Waals surface area contributed by atoms with Crippen molar-refractivity contribution in [1.29, 1.82) is 0 Å². The first-order valence-electron chi connectivity index (χ1n) is 3.16. The zero-order valence-corrected chi connectivity index (χ0v) is 6.46. The van der Waals surface area contributed by atoms with Crippen LogP contribution < -0.4 is 4.74 Å². The van der Waals surface area contributed by atoms with Gasteiger partial charge in [-0.25, -0.2) is 4.85 Å². The standard InChI is InChI=1S/C8H8N2O/c1-6-8(11-3)4-7(9-2)5-10-6/h4-5H,1,3H3. The van der Waals surface area contributed by atoms with E-state index in [1.807, 2.05) is 6.92 Å². The normalized spacial score (nSPS) is 8.82. The topological polar surface area (TPSA) is 26.5 Å². The fraction of sp³-hybridized carbons (Fsp3) is 0.250. The van der Waals surface area contributed by atoms with Gasteiger partial charge in [-0.3, -0.25) is 4.98 Å². The molecule has 0 atom stereocenters. The van der Waals surface area contributed by atoms with Gasteiger partial charge in [0, 0.05) is 6.20 Å². The van der Waals surface area contributed by atoms with Gasteiger partial charge in [0.15, 0.2) is 0 Å². The summed E-state index contributed by atoms with van der Waals surface area (Å²) >= 11 is 0. The lowest BCUT2D eigenvalue weighted by molar-refractivity contribution is 0.409. The Labute approximate surface area is 65.5 Å². The lowest BCUT2D eigenvalue weighted by Gasteiger charge is -2.01. The molecule has 11 heavy (non-hydrogen) atoms. The van der Waals surface area contributed by atoms with E-state index in [4.69, 9.17) is 11.3 Å². The summed E-state index contributed by atoms with van der Waals surface area (Å²) in [6.07, 6.45) is 1.53. The molecule has 0 fully saturated rings. The van der Waals surface area contributed by atoms with E-state index in [2.05, 4.69) is 9.83 Å². The Morgan fingerprint density at radius 1 is 1.64 bits per heavy atom. The average Bonchev–Trinajstić information content (AvgIpc) is 2.05. The van der Waals surface area contributed by atoms with Crippen LogP contribution in [0.1, 0.15) is 5.69 Å². The fourth-order valence-corrected chi connectivity index (χ4v) is 0.770. The maximum Gasteiger partial charge on any atom is 0.208 e. The average molecular weight is 148 g/mol. The molecule has 0 aliphatic rings. The van der Waals surface area contributed by atoms with Crippen LogP contribution in [0.4, 0.5) is 5.69 Å². The molecule has 0 aliphatic carbocycles. The number of pyridine rings is 1. The number of hydrogen-bond donors (Lipinski definition) is 0. The van der Waals surface area contributed by atoms with Gasteiger partial charge >= 0.3 is 0 Å². The maximum absolute atomic E-state index is 6.72. The first kappa shape index (κ1) is 7.55. The lowest BCUT2D eigenvalue weighted by atomic mass is 10.3. The third kappa shape index (κ3) is 1.47. The SMILES string of the molecule is [C-]#[N+]c1cnc(C)c(OC)c1. The van der Waals surface area contributed by atoms with E-state index < -0.39 is 0 Å². The zero-order valence-electron chi connectivity index (χ0n) is 6.46. The van der Waals surface area contributed by atoms with Gasteiger partial charge in [-0.1, -0.05) is 0 Å². The van der Waals surface area contributed by atoms with E-state index in [1.165, 1.54) is 6.20 Å². The number of nitrogens with zero attached hydrogens (tertiary/aromatic N) is 2. The predicted octanol–water partition coefficient (Wildman–Crippen LogP) is 1.95. The highest BCUT2D eigenvalue weighted by Crippen LogP contribution is 2.21. The summed E-state index contributed by atoms with van der Waals surface area (Å²) in [7, 11) is 1.57. The smallest absolute Gasteiger partial charge is 0.208 e. The second-order valence-corrected chi connectivity index (χ2v) is 2.09. The van der Waals surface area contributed by atoms with Crippen molar-refractivity contribution in [2.75, 3.05) is 7.11 Å². The second kappa shape index (κ2) is 3.02. The van der Waals surface area contributed by atoms with Gasteiger partial charge in [-0.2, -0.15) is 0 Å². The molecule has 1 aromatic heterocycles. The van der Waals surface area contributed by atoms with Crippen molar-refractivity contribution in [1.82, 2.24) is 4.98 Å². The van der Waals surface area contributed by atoms with Crippen LogP contribution in [0.2, 0.25) is 0 Å². The third-order valence-electron chi connectivity index (χ3n) is 1.38.